The van der Waals surface area contributed by atoms with E-state index in [4.69, 9.17) is 10.5 Å². The lowest BCUT2D eigenvalue weighted by Gasteiger charge is -2.43. The molecule has 0 saturated heterocycles. The lowest BCUT2D eigenvalue weighted by Crippen LogP contribution is -2.54. The second-order valence-corrected chi connectivity index (χ2v) is 12.5. The molecule has 1 saturated carbocycles. The maximum atomic E-state index is 14.6. The molecule has 3 aromatic rings. The van der Waals surface area contributed by atoms with Gasteiger partial charge in [-0.3, -0.25) is 9.59 Å². The summed E-state index contributed by atoms with van der Waals surface area (Å²) in [5.41, 5.74) is 6.13. The number of amides is 2. The van der Waals surface area contributed by atoms with Crippen molar-refractivity contribution in [2.24, 2.45) is 5.73 Å². The fourth-order valence-electron chi connectivity index (χ4n) is 6.70. The standard InChI is InChI=1S/C35H40F3N3O3/c1-22(2)41(29-16-9-8-15-26(29)25-14-10-13-24(19-25)23-11-6-5-7-12-23)32(42)27-20-30-31(21-28(27)35(36,37)38)44-34(3,4)33(43)40(30)18-17-39/h5-7,10-14,19-22,26,29H,8-9,15-18,39H2,1-4H3/t26-,29+/m1/s1. The second-order valence-electron chi connectivity index (χ2n) is 12.5. The number of halogens is 3. The van der Waals surface area contributed by atoms with E-state index in [1.54, 1.807) is 4.90 Å². The molecule has 3 aromatic carbocycles. The average Bonchev–Trinajstić information content (AvgIpc) is 2.99. The summed E-state index contributed by atoms with van der Waals surface area (Å²) in [6, 6.07) is 19.6. The lowest BCUT2D eigenvalue weighted by molar-refractivity contribution is -0.138. The highest BCUT2D eigenvalue weighted by atomic mass is 19.4. The van der Waals surface area contributed by atoms with E-state index in [9.17, 15) is 22.8 Å². The third-order valence-corrected chi connectivity index (χ3v) is 8.70. The summed E-state index contributed by atoms with van der Waals surface area (Å²) < 4.78 is 49.6. The Kier molecular flexibility index (Phi) is 8.80. The Morgan fingerprint density at radius 1 is 1.02 bits per heavy atom. The predicted octanol–water partition coefficient (Wildman–Crippen LogP) is 7.41. The van der Waals surface area contributed by atoms with Gasteiger partial charge in [0, 0.05) is 31.1 Å². The normalized spacial score (nSPS) is 19.8. The summed E-state index contributed by atoms with van der Waals surface area (Å²) in [5.74, 6) is -1.29. The molecule has 6 nitrogen and oxygen atoms in total. The number of nitrogens with zero attached hydrogens (tertiary/aromatic N) is 2. The third-order valence-electron chi connectivity index (χ3n) is 8.70. The SMILES string of the molecule is CC(C)N(C(=O)c1cc2c(cc1C(F)(F)F)OC(C)(C)C(=O)N2CCN)[C@H]1CCCC[C@@H]1c1cccc(-c2ccccc2)c1. The first kappa shape index (κ1) is 31.6. The summed E-state index contributed by atoms with van der Waals surface area (Å²) in [5, 5.41) is 0. The quantitative estimate of drug-likeness (QED) is 0.304. The molecule has 2 N–H and O–H groups in total. The van der Waals surface area contributed by atoms with Gasteiger partial charge in [-0.1, -0.05) is 67.4 Å². The van der Waals surface area contributed by atoms with Gasteiger partial charge in [0.15, 0.2) is 5.60 Å². The van der Waals surface area contributed by atoms with Crippen LogP contribution in [0.15, 0.2) is 66.7 Å². The summed E-state index contributed by atoms with van der Waals surface area (Å²) in [4.78, 5) is 30.6. The molecular formula is C35H40F3N3O3. The number of fused-ring (bicyclic) bond motifs is 1. The highest BCUT2D eigenvalue weighted by molar-refractivity contribution is 6.05. The molecule has 0 bridgehead atoms. The average molecular weight is 608 g/mol. The Morgan fingerprint density at radius 2 is 1.70 bits per heavy atom. The van der Waals surface area contributed by atoms with Crippen molar-refractivity contribution in [2.75, 3.05) is 18.0 Å². The fourth-order valence-corrected chi connectivity index (χ4v) is 6.70. The van der Waals surface area contributed by atoms with Crippen LogP contribution in [0.5, 0.6) is 5.75 Å². The molecule has 1 heterocycles. The maximum absolute atomic E-state index is 14.6. The summed E-state index contributed by atoms with van der Waals surface area (Å²) in [7, 11) is 0. The van der Waals surface area contributed by atoms with Gasteiger partial charge in [0.2, 0.25) is 0 Å². The van der Waals surface area contributed by atoms with Crippen LogP contribution in [0.3, 0.4) is 0 Å². The largest absolute Gasteiger partial charge is 0.476 e. The molecule has 5 rings (SSSR count). The fraction of sp³-hybridized carbons (Fsp3) is 0.429. The smallest absolute Gasteiger partial charge is 0.417 e. The molecule has 0 spiro atoms. The van der Waals surface area contributed by atoms with Crippen molar-refractivity contribution < 1.29 is 27.5 Å². The Balaban J connectivity index is 1.59. The van der Waals surface area contributed by atoms with Crippen molar-refractivity contribution in [3.05, 3.63) is 83.4 Å². The lowest BCUT2D eigenvalue weighted by atomic mass is 9.78. The van der Waals surface area contributed by atoms with Crippen LogP contribution >= 0.6 is 0 Å². The topological polar surface area (TPSA) is 75.9 Å². The van der Waals surface area contributed by atoms with Crippen LogP contribution in [0.25, 0.3) is 11.1 Å². The maximum Gasteiger partial charge on any atom is 0.417 e. The molecule has 0 unspecified atom stereocenters. The zero-order valence-electron chi connectivity index (χ0n) is 25.7. The monoisotopic (exact) mass is 607 g/mol. The van der Waals surface area contributed by atoms with Gasteiger partial charge in [0.1, 0.15) is 5.75 Å². The van der Waals surface area contributed by atoms with E-state index in [0.29, 0.717) is 6.42 Å². The van der Waals surface area contributed by atoms with Crippen molar-refractivity contribution >= 4 is 17.5 Å². The van der Waals surface area contributed by atoms with Crippen LogP contribution in [-0.2, 0) is 11.0 Å². The number of carbonyl (C=O) groups is 2. The van der Waals surface area contributed by atoms with Crippen molar-refractivity contribution in [3.63, 3.8) is 0 Å². The second kappa shape index (κ2) is 12.3. The summed E-state index contributed by atoms with van der Waals surface area (Å²) in [6.07, 6.45) is -1.50. The molecule has 2 atom stereocenters. The van der Waals surface area contributed by atoms with Crippen LogP contribution in [0, 0.1) is 0 Å². The Labute approximate surface area is 257 Å². The number of rotatable bonds is 7. The first-order chi connectivity index (χ1) is 20.8. The zero-order chi connectivity index (χ0) is 31.8. The zero-order valence-corrected chi connectivity index (χ0v) is 25.7. The first-order valence-corrected chi connectivity index (χ1v) is 15.3. The van der Waals surface area contributed by atoms with Gasteiger partial charge >= 0.3 is 6.18 Å². The molecular weight excluding hydrogens is 567 g/mol. The Bertz CT molecular complexity index is 1520. The number of hydrogen-bond acceptors (Lipinski definition) is 4. The molecule has 2 aliphatic rings. The molecule has 9 heteroatoms. The number of nitrogens with two attached hydrogens (primary N) is 1. The Hall–Kier alpha value is -3.85. The number of benzene rings is 3. The molecule has 1 fully saturated rings. The van der Waals surface area contributed by atoms with E-state index in [0.717, 1.165) is 42.0 Å². The highest BCUT2D eigenvalue weighted by Gasteiger charge is 2.46. The number of ether oxygens (including phenoxy) is 1. The van der Waals surface area contributed by atoms with Gasteiger partial charge in [-0.05, 0) is 69.4 Å². The minimum atomic E-state index is -4.83. The van der Waals surface area contributed by atoms with Crippen LogP contribution in [0.2, 0.25) is 0 Å². The number of anilines is 1. The van der Waals surface area contributed by atoms with Gasteiger partial charge in [-0.2, -0.15) is 13.2 Å². The van der Waals surface area contributed by atoms with E-state index in [-0.39, 0.29) is 42.5 Å². The van der Waals surface area contributed by atoms with Crippen LogP contribution in [-0.4, -0.2) is 47.5 Å². The third kappa shape index (κ3) is 6.07. The number of carbonyl (C=O) groups excluding carboxylic acids is 2. The Morgan fingerprint density at radius 3 is 2.36 bits per heavy atom. The molecule has 234 valence electrons. The van der Waals surface area contributed by atoms with Crippen LogP contribution < -0.4 is 15.4 Å². The number of hydrogen-bond donors (Lipinski definition) is 1. The van der Waals surface area contributed by atoms with Gasteiger partial charge in [0.25, 0.3) is 11.8 Å². The molecule has 1 aliphatic heterocycles. The minimum absolute atomic E-state index is 0.0508. The van der Waals surface area contributed by atoms with Crippen molar-refractivity contribution in [1.29, 1.82) is 0 Å². The predicted molar refractivity (Wildman–Crippen MR) is 166 cm³/mol. The van der Waals surface area contributed by atoms with E-state index in [2.05, 4.69) is 6.07 Å². The van der Waals surface area contributed by atoms with Crippen molar-refractivity contribution in [3.8, 4) is 16.9 Å². The minimum Gasteiger partial charge on any atom is -0.476 e. The molecule has 44 heavy (non-hydrogen) atoms. The van der Waals surface area contributed by atoms with Crippen molar-refractivity contribution in [1.82, 2.24) is 4.90 Å². The number of alkyl halides is 3. The van der Waals surface area contributed by atoms with Gasteiger partial charge < -0.3 is 20.3 Å². The van der Waals surface area contributed by atoms with Gasteiger partial charge in [-0.15, -0.1) is 0 Å². The van der Waals surface area contributed by atoms with E-state index >= 15 is 0 Å². The molecule has 0 aromatic heterocycles. The summed E-state index contributed by atoms with van der Waals surface area (Å²) >= 11 is 0. The van der Waals surface area contributed by atoms with E-state index in [1.165, 1.54) is 24.8 Å². The van der Waals surface area contributed by atoms with E-state index in [1.807, 2.05) is 62.4 Å². The first-order valence-electron chi connectivity index (χ1n) is 15.3. The van der Waals surface area contributed by atoms with Gasteiger partial charge in [-0.25, -0.2) is 0 Å². The van der Waals surface area contributed by atoms with E-state index < -0.39 is 34.7 Å². The van der Waals surface area contributed by atoms with Crippen LogP contribution in [0.1, 0.15) is 80.8 Å². The van der Waals surface area contributed by atoms with Crippen LogP contribution in [0.4, 0.5) is 18.9 Å². The molecule has 2 amide bonds. The van der Waals surface area contributed by atoms with Gasteiger partial charge in [0.05, 0.1) is 16.8 Å². The van der Waals surface area contributed by atoms with Crippen molar-refractivity contribution in [2.45, 2.75) is 83.2 Å². The highest BCUT2D eigenvalue weighted by Crippen LogP contribution is 2.45. The molecule has 0 radical (unpaired) electrons. The summed E-state index contributed by atoms with van der Waals surface area (Å²) in [6.45, 7) is 6.86. The molecule has 1 aliphatic carbocycles.